The van der Waals surface area contributed by atoms with Crippen LogP contribution in [-0.4, -0.2) is 15.8 Å². The molecule has 86 valence electrons. The molecule has 6 heteroatoms. The van der Waals surface area contributed by atoms with E-state index in [0.717, 1.165) is 6.20 Å². The van der Waals surface area contributed by atoms with E-state index in [2.05, 4.69) is 9.97 Å². The Hall–Kier alpha value is -1.52. The maximum atomic E-state index is 13.4. The number of halogens is 3. The van der Waals surface area contributed by atoms with Crippen LogP contribution in [0.5, 0.6) is 0 Å². The van der Waals surface area contributed by atoms with E-state index >= 15 is 0 Å². The Balaban J connectivity index is 2.48. The topological polar surface area (TPSA) is 42.9 Å². The van der Waals surface area contributed by atoms with Gasteiger partial charge in [0.15, 0.2) is 5.82 Å². The van der Waals surface area contributed by atoms with Gasteiger partial charge in [0.05, 0.1) is 21.8 Å². The molecule has 0 radical (unpaired) electrons. The van der Waals surface area contributed by atoms with Gasteiger partial charge in [0.2, 0.25) is 5.78 Å². The standard InChI is InChI=1S/C11H5Cl2FN2O/c12-6-3-8(13)10(16-4-6)11(17)7-1-2-15-5-9(7)14/h1-5H. The Morgan fingerprint density at radius 3 is 2.71 bits per heavy atom. The SMILES string of the molecule is O=C(c1ccncc1F)c1ncc(Cl)cc1Cl. The molecule has 3 nitrogen and oxygen atoms in total. The van der Waals surface area contributed by atoms with Gasteiger partial charge in [-0.1, -0.05) is 23.2 Å². The first-order valence-corrected chi connectivity index (χ1v) is 5.30. The smallest absolute Gasteiger partial charge is 0.215 e. The third-order valence-electron chi connectivity index (χ3n) is 2.04. The van der Waals surface area contributed by atoms with Crippen LogP contribution in [0.2, 0.25) is 10.0 Å². The largest absolute Gasteiger partial charge is 0.287 e. The molecule has 0 N–H and O–H groups in total. The molecule has 0 unspecified atom stereocenters. The maximum Gasteiger partial charge on any atom is 0.215 e. The lowest BCUT2D eigenvalue weighted by atomic mass is 10.1. The highest BCUT2D eigenvalue weighted by Crippen LogP contribution is 2.21. The normalized spacial score (nSPS) is 10.3. The molecule has 2 aromatic heterocycles. The van der Waals surface area contributed by atoms with Gasteiger partial charge in [-0.3, -0.25) is 9.78 Å². The lowest BCUT2D eigenvalue weighted by Gasteiger charge is -2.03. The van der Waals surface area contributed by atoms with Gasteiger partial charge in [-0.05, 0) is 12.1 Å². The van der Waals surface area contributed by atoms with Gasteiger partial charge in [-0.15, -0.1) is 0 Å². The molecule has 0 aliphatic carbocycles. The number of hydrogen-bond acceptors (Lipinski definition) is 3. The predicted molar refractivity (Wildman–Crippen MR) is 61.9 cm³/mol. The zero-order valence-corrected chi connectivity index (χ0v) is 9.84. The van der Waals surface area contributed by atoms with Crippen LogP contribution in [0.4, 0.5) is 4.39 Å². The molecule has 2 heterocycles. The summed E-state index contributed by atoms with van der Waals surface area (Å²) in [5.41, 5.74) is -0.169. The highest BCUT2D eigenvalue weighted by Gasteiger charge is 2.18. The first kappa shape index (κ1) is 12.0. The highest BCUT2D eigenvalue weighted by atomic mass is 35.5. The van der Waals surface area contributed by atoms with E-state index in [1.165, 1.54) is 24.5 Å². The second kappa shape index (κ2) is 4.77. The lowest BCUT2D eigenvalue weighted by molar-refractivity contribution is 0.103. The van der Waals surface area contributed by atoms with Crippen molar-refractivity contribution in [3.8, 4) is 0 Å². The second-order valence-corrected chi connectivity index (χ2v) is 4.01. The number of nitrogens with zero attached hydrogens (tertiary/aromatic N) is 2. The van der Waals surface area contributed by atoms with Gasteiger partial charge < -0.3 is 0 Å². The number of rotatable bonds is 2. The van der Waals surface area contributed by atoms with Crippen molar-refractivity contribution in [1.29, 1.82) is 0 Å². The Morgan fingerprint density at radius 1 is 1.29 bits per heavy atom. The van der Waals surface area contributed by atoms with Gasteiger partial charge in [0.1, 0.15) is 5.69 Å². The van der Waals surface area contributed by atoms with Crippen molar-refractivity contribution in [1.82, 2.24) is 9.97 Å². The number of hydrogen-bond donors (Lipinski definition) is 0. The van der Waals surface area contributed by atoms with Crippen molar-refractivity contribution in [3.05, 3.63) is 57.8 Å². The maximum absolute atomic E-state index is 13.4. The molecule has 0 atom stereocenters. The minimum atomic E-state index is -0.717. The van der Waals surface area contributed by atoms with Crippen LogP contribution in [0.25, 0.3) is 0 Å². The van der Waals surface area contributed by atoms with Crippen molar-refractivity contribution in [2.75, 3.05) is 0 Å². The molecule has 2 aromatic rings. The molecule has 0 bridgehead atoms. The average Bonchev–Trinajstić information content (AvgIpc) is 2.29. The third-order valence-corrected chi connectivity index (χ3v) is 2.53. The zero-order chi connectivity index (χ0) is 12.4. The zero-order valence-electron chi connectivity index (χ0n) is 8.32. The van der Waals surface area contributed by atoms with E-state index < -0.39 is 11.6 Å². The molecule has 0 spiro atoms. The van der Waals surface area contributed by atoms with Crippen molar-refractivity contribution < 1.29 is 9.18 Å². The third kappa shape index (κ3) is 2.43. The van der Waals surface area contributed by atoms with E-state index in [1.54, 1.807) is 0 Å². The van der Waals surface area contributed by atoms with Crippen molar-refractivity contribution in [3.63, 3.8) is 0 Å². The lowest BCUT2D eigenvalue weighted by Crippen LogP contribution is -2.07. The van der Waals surface area contributed by atoms with E-state index in [0.29, 0.717) is 5.02 Å². The second-order valence-electron chi connectivity index (χ2n) is 3.17. The van der Waals surface area contributed by atoms with Gasteiger partial charge in [-0.2, -0.15) is 0 Å². The summed E-state index contributed by atoms with van der Waals surface area (Å²) in [4.78, 5) is 19.3. The molecule has 0 fully saturated rings. The van der Waals surface area contributed by atoms with E-state index in [1.807, 2.05) is 0 Å². The molecule has 0 aliphatic heterocycles. The Kier molecular flexibility index (Phi) is 3.36. The van der Waals surface area contributed by atoms with E-state index in [-0.39, 0.29) is 16.3 Å². The van der Waals surface area contributed by atoms with Gasteiger partial charge in [0, 0.05) is 12.4 Å². The number of aromatic nitrogens is 2. The summed E-state index contributed by atoms with van der Waals surface area (Å²) in [7, 11) is 0. The molecule has 2 rings (SSSR count). The molecular formula is C11H5Cl2FN2O. The van der Waals surface area contributed by atoms with Crippen LogP contribution in [0, 0.1) is 5.82 Å². The van der Waals surface area contributed by atoms with Crippen molar-refractivity contribution in [2.24, 2.45) is 0 Å². The summed E-state index contributed by atoms with van der Waals surface area (Å²) in [5, 5.41) is 0.389. The Bertz CT molecular complexity index is 589. The molecule has 0 aromatic carbocycles. The minimum Gasteiger partial charge on any atom is -0.287 e. The summed E-state index contributed by atoms with van der Waals surface area (Å²) in [5.74, 6) is -1.32. The molecule has 0 amide bonds. The quantitative estimate of drug-likeness (QED) is 0.788. The van der Waals surface area contributed by atoms with E-state index in [4.69, 9.17) is 23.2 Å². The van der Waals surface area contributed by atoms with Gasteiger partial charge in [-0.25, -0.2) is 9.37 Å². The predicted octanol–water partition coefficient (Wildman–Crippen LogP) is 3.15. The number of ketones is 1. The van der Waals surface area contributed by atoms with Crippen LogP contribution in [0.1, 0.15) is 16.1 Å². The number of pyridine rings is 2. The van der Waals surface area contributed by atoms with Crippen LogP contribution < -0.4 is 0 Å². The molecule has 0 saturated heterocycles. The Labute approximate surface area is 106 Å². The van der Waals surface area contributed by atoms with Crippen LogP contribution in [0.3, 0.4) is 0 Å². The first-order chi connectivity index (χ1) is 8.09. The summed E-state index contributed by atoms with van der Waals surface area (Å²) in [6, 6.07) is 2.65. The molecule has 0 aliphatic rings. The number of carbonyl (C=O) groups excluding carboxylic acids is 1. The molecule has 0 saturated carbocycles. The first-order valence-electron chi connectivity index (χ1n) is 4.55. The van der Waals surface area contributed by atoms with Crippen LogP contribution >= 0.6 is 23.2 Å². The number of carbonyl (C=O) groups is 1. The summed E-state index contributed by atoms with van der Waals surface area (Å²) >= 11 is 11.5. The van der Waals surface area contributed by atoms with Gasteiger partial charge >= 0.3 is 0 Å². The molecular weight excluding hydrogens is 266 g/mol. The van der Waals surface area contributed by atoms with Crippen molar-refractivity contribution in [2.45, 2.75) is 0 Å². The van der Waals surface area contributed by atoms with Gasteiger partial charge in [0.25, 0.3) is 0 Å². The fourth-order valence-corrected chi connectivity index (χ4v) is 1.73. The fraction of sp³-hybridized carbons (Fsp3) is 0. The van der Waals surface area contributed by atoms with Crippen LogP contribution in [-0.2, 0) is 0 Å². The monoisotopic (exact) mass is 270 g/mol. The van der Waals surface area contributed by atoms with Crippen LogP contribution in [0.15, 0.2) is 30.7 Å². The average molecular weight is 271 g/mol. The fourth-order valence-electron chi connectivity index (χ4n) is 1.27. The Morgan fingerprint density at radius 2 is 2.06 bits per heavy atom. The minimum absolute atomic E-state index is 0.0406. The molecule has 17 heavy (non-hydrogen) atoms. The van der Waals surface area contributed by atoms with Crippen molar-refractivity contribution >= 4 is 29.0 Å². The van der Waals surface area contributed by atoms with E-state index in [9.17, 15) is 9.18 Å². The summed E-state index contributed by atoms with van der Waals surface area (Å²) in [6.45, 7) is 0. The summed E-state index contributed by atoms with van der Waals surface area (Å²) < 4.78 is 13.4. The highest BCUT2D eigenvalue weighted by molar-refractivity contribution is 6.37. The summed E-state index contributed by atoms with van der Waals surface area (Å²) in [6.07, 6.45) is 3.55.